The van der Waals surface area contributed by atoms with Gasteiger partial charge in [0.1, 0.15) is 23.6 Å². The Morgan fingerprint density at radius 2 is 1.95 bits per heavy atom. The third-order valence-electron chi connectivity index (χ3n) is 3.44. The van der Waals surface area contributed by atoms with Crippen molar-refractivity contribution in [1.82, 2.24) is 5.39 Å². The summed E-state index contributed by atoms with van der Waals surface area (Å²) in [6.45, 7) is 2.04. The first-order chi connectivity index (χ1) is 8.95. The van der Waals surface area contributed by atoms with E-state index in [-0.39, 0.29) is 19.0 Å². The number of hydrogen-bond donors (Lipinski definition) is 2. The van der Waals surface area contributed by atoms with Crippen molar-refractivity contribution in [2.24, 2.45) is 0 Å². The van der Waals surface area contributed by atoms with Crippen LogP contribution in [0.4, 0.5) is 0 Å². The first-order valence-electron chi connectivity index (χ1n) is 6.25. The molecule has 1 unspecified atom stereocenters. The van der Waals surface area contributed by atoms with Crippen molar-refractivity contribution in [3.05, 3.63) is 0 Å². The van der Waals surface area contributed by atoms with Gasteiger partial charge in [-0.1, -0.05) is 13.3 Å². The number of ether oxygens (including phenoxy) is 2. The van der Waals surface area contributed by atoms with E-state index in [0.717, 1.165) is 6.42 Å². The fourth-order valence-electron chi connectivity index (χ4n) is 2.45. The largest absolute Gasteiger partial charge is 0.371 e. The molecule has 19 heavy (non-hydrogen) atoms. The molecule has 2 aliphatic rings. The molecule has 0 aromatic carbocycles. The Kier molecular flexibility index (Phi) is 4.77. The molecule has 2 heterocycles. The first-order valence-corrected chi connectivity index (χ1v) is 7.96. The molecule has 112 valence electrons. The maximum Gasteiger partial charge on any atom is 0.158 e. The number of nitrogens with zero attached hydrogens (tertiary/aromatic N) is 1. The number of sulfone groups is 1. The van der Waals surface area contributed by atoms with Crippen LogP contribution in [-0.2, 0) is 24.1 Å². The molecule has 0 saturated carbocycles. The molecule has 0 aromatic heterocycles. The predicted octanol–water partition coefficient (Wildman–Crippen LogP) is -0.252. The molecule has 0 aliphatic carbocycles. The van der Waals surface area contributed by atoms with Gasteiger partial charge in [-0.25, -0.2) is 13.3 Å². The Morgan fingerprint density at radius 3 is 2.58 bits per heavy atom. The Morgan fingerprint density at radius 1 is 1.26 bits per heavy atom. The Labute approximate surface area is 111 Å². The van der Waals surface area contributed by atoms with Crippen LogP contribution in [0.3, 0.4) is 0 Å². The molecule has 8 nitrogen and oxygen atoms in total. The van der Waals surface area contributed by atoms with Crippen LogP contribution in [0.15, 0.2) is 0 Å². The van der Waals surface area contributed by atoms with Gasteiger partial charge < -0.3 is 9.47 Å². The van der Waals surface area contributed by atoms with E-state index in [1.54, 1.807) is 0 Å². The van der Waals surface area contributed by atoms with Crippen molar-refractivity contribution >= 4 is 9.84 Å². The summed E-state index contributed by atoms with van der Waals surface area (Å²) in [5.74, 6) is 0.113. The molecule has 2 fully saturated rings. The summed E-state index contributed by atoms with van der Waals surface area (Å²) in [4.78, 5) is 4.67. The van der Waals surface area contributed by atoms with Gasteiger partial charge in [-0.05, 0) is 6.42 Å². The minimum atomic E-state index is -3.27. The van der Waals surface area contributed by atoms with Crippen LogP contribution in [0.25, 0.3) is 0 Å². The van der Waals surface area contributed by atoms with E-state index in [9.17, 15) is 8.42 Å². The van der Waals surface area contributed by atoms with Crippen LogP contribution in [-0.4, -0.2) is 66.8 Å². The number of unbranched alkanes of at least 4 members (excludes halogenated alkanes) is 1. The second-order valence-corrected chi connectivity index (χ2v) is 7.09. The van der Waals surface area contributed by atoms with E-state index < -0.39 is 38.8 Å². The quantitative estimate of drug-likeness (QED) is 0.646. The van der Waals surface area contributed by atoms with E-state index in [1.807, 2.05) is 6.92 Å². The lowest BCUT2D eigenvalue weighted by Crippen LogP contribution is -2.39. The molecule has 4 atom stereocenters. The standard InChI is InChI=1S/C10H19NO7S/c1-2-3-4-19(14,15)8-6-17-9-7(18-11(12)13)5-16-10(8)9/h7-10,12-13H,2-6H2,1H3/t7-,8+,9-,10?/m1/s1. The second kappa shape index (κ2) is 6.00. The molecule has 0 radical (unpaired) electrons. The van der Waals surface area contributed by atoms with E-state index in [4.69, 9.17) is 19.9 Å². The summed E-state index contributed by atoms with van der Waals surface area (Å²) in [5, 5.41) is 16.1. The van der Waals surface area contributed by atoms with Crippen molar-refractivity contribution in [2.75, 3.05) is 19.0 Å². The molecule has 2 saturated heterocycles. The Balaban J connectivity index is 2.01. The Hall–Kier alpha value is -0.290. The highest BCUT2D eigenvalue weighted by molar-refractivity contribution is 7.92. The fraction of sp³-hybridized carbons (Fsp3) is 1.00. The molecule has 2 aliphatic heterocycles. The third-order valence-corrected chi connectivity index (χ3v) is 5.62. The minimum Gasteiger partial charge on any atom is -0.371 e. The van der Waals surface area contributed by atoms with Crippen molar-refractivity contribution < 1.29 is 33.1 Å². The van der Waals surface area contributed by atoms with Gasteiger partial charge in [-0.2, -0.15) is 0 Å². The molecule has 0 aromatic rings. The lowest BCUT2D eigenvalue weighted by atomic mass is 10.1. The lowest BCUT2D eigenvalue weighted by molar-refractivity contribution is -0.507. The van der Waals surface area contributed by atoms with Crippen molar-refractivity contribution in [1.29, 1.82) is 0 Å². The maximum absolute atomic E-state index is 12.2. The van der Waals surface area contributed by atoms with Gasteiger partial charge in [0.2, 0.25) is 0 Å². The molecule has 2 N–H and O–H groups in total. The van der Waals surface area contributed by atoms with E-state index in [1.165, 1.54) is 0 Å². The summed E-state index contributed by atoms with van der Waals surface area (Å²) in [7, 11) is -3.27. The van der Waals surface area contributed by atoms with Crippen LogP contribution in [0.1, 0.15) is 19.8 Å². The van der Waals surface area contributed by atoms with Gasteiger partial charge in [0, 0.05) is 0 Å². The smallest absolute Gasteiger partial charge is 0.158 e. The molecular weight excluding hydrogens is 278 g/mol. The zero-order valence-corrected chi connectivity index (χ0v) is 11.5. The monoisotopic (exact) mass is 297 g/mol. The van der Waals surface area contributed by atoms with E-state index in [2.05, 4.69) is 4.84 Å². The average molecular weight is 297 g/mol. The molecule has 0 amide bonds. The number of hydrogen-bond acceptors (Lipinski definition) is 8. The van der Waals surface area contributed by atoms with Crippen molar-refractivity contribution in [3.63, 3.8) is 0 Å². The second-order valence-electron chi connectivity index (χ2n) is 4.75. The van der Waals surface area contributed by atoms with Gasteiger partial charge >= 0.3 is 0 Å². The maximum atomic E-state index is 12.2. The SMILES string of the molecule is CCCCS(=O)(=O)[C@H]1CO[C@H]2C1OC[C@H]2ON(O)O. The van der Waals surface area contributed by atoms with Gasteiger partial charge in [0.25, 0.3) is 0 Å². The minimum absolute atomic E-state index is 0.0537. The van der Waals surface area contributed by atoms with Crippen LogP contribution < -0.4 is 0 Å². The van der Waals surface area contributed by atoms with E-state index in [0.29, 0.717) is 6.42 Å². The summed E-state index contributed by atoms with van der Waals surface area (Å²) in [6.07, 6.45) is -0.504. The summed E-state index contributed by atoms with van der Waals surface area (Å²) < 4.78 is 35.1. The normalized spacial score (nSPS) is 34.9. The highest BCUT2D eigenvalue weighted by atomic mass is 32.2. The number of rotatable bonds is 6. The van der Waals surface area contributed by atoms with Gasteiger partial charge in [0.05, 0.1) is 24.4 Å². The van der Waals surface area contributed by atoms with Crippen LogP contribution in [0.2, 0.25) is 0 Å². The zero-order chi connectivity index (χ0) is 14.0. The molecule has 2 rings (SSSR count). The fourth-order valence-corrected chi connectivity index (χ4v) is 4.37. The van der Waals surface area contributed by atoms with Crippen LogP contribution in [0.5, 0.6) is 0 Å². The topological polar surface area (TPSA) is 106 Å². The predicted molar refractivity (Wildman–Crippen MR) is 62.2 cm³/mol. The summed E-state index contributed by atoms with van der Waals surface area (Å²) in [6, 6.07) is 0. The van der Waals surface area contributed by atoms with Crippen molar-refractivity contribution in [2.45, 2.75) is 43.3 Å². The van der Waals surface area contributed by atoms with Crippen LogP contribution in [0, 0.1) is 0 Å². The lowest BCUT2D eigenvalue weighted by Gasteiger charge is -2.17. The molecule has 0 bridgehead atoms. The van der Waals surface area contributed by atoms with Gasteiger partial charge in [-0.3, -0.25) is 10.4 Å². The van der Waals surface area contributed by atoms with Crippen LogP contribution >= 0.6 is 0 Å². The first kappa shape index (κ1) is 15.1. The van der Waals surface area contributed by atoms with Gasteiger partial charge in [0.15, 0.2) is 9.84 Å². The molecule has 0 spiro atoms. The Bertz CT molecular complexity index is 399. The highest BCUT2D eigenvalue weighted by Crippen LogP contribution is 2.33. The number of fused-ring (bicyclic) bond motifs is 1. The molecular formula is C10H19NO7S. The highest BCUT2D eigenvalue weighted by Gasteiger charge is 2.53. The zero-order valence-electron chi connectivity index (χ0n) is 10.6. The summed E-state index contributed by atoms with van der Waals surface area (Å²) >= 11 is 0. The average Bonchev–Trinajstić information content (AvgIpc) is 2.89. The third kappa shape index (κ3) is 3.24. The molecule has 9 heteroatoms. The van der Waals surface area contributed by atoms with Crippen molar-refractivity contribution in [3.8, 4) is 0 Å². The summed E-state index contributed by atoms with van der Waals surface area (Å²) in [5.41, 5.74) is 0. The van der Waals surface area contributed by atoms with Gasteiger partial charge in [-0.15, -0.1) is 0 Å². The van der Waals surface area contributed by atoms with E-state index >= 15 is 0 Å².